The van der Waals surface area contributed by atoms with Crippen LogP contribution >= 0.6 is 0 Å². The van der Waals surface area contributed by atoms with E-state index in [1.807, 2.05) is 56.0 Å². The van der Waals surface area contributed by atoms with Crippen LogP contribution < -0.4 is 5.32 Å². The van der Waals surface area contributed by atoms with E-state index in [-0.39, 0.29) is 23.8 Å². The van der Waals surface area contributed by atoms with Gasteiger partial charge in [0.05, 0.1) is 62.6 Å². The molecule has 0 saturated carbocycles. The molecule has 5 aromatic rings. The number of allylic oxidation sites excluding steroid dienone is 1. The summed E-state index contributed by atoms with van der Waals surface area (Å²) in [5.74, 6) is 0.128. The van der Waals surface area contributed by atoms with Gasteiger partial charge in [-0.25, -0.2) is 14.4 Å². The van der Waals surface area contributed by atoms with Gasteiger partial charge in [-0.05, 0) is 64.0 Å². The number of aromatic nitrogens is 5. The van der Waals surface area contributed by atoms with Crippen molar-refractivity contribution in [3.8, 4) is 0 Å². The van der Waals surface area contributed by atoms with E-state index in [1.165, 1.54) is 18.5 Å². The molecule has 0 spiro atoms. The predicted octanol–water partition coefficient (Wildman–Crippen LogP) is 5.79. The van der Waals surface area contributed by atoms with Crippen LogP contribution in [0.15, 0.2) is 95.8 Å². The molecule has 0 saturated heterocycles. The number of ketones is 1. The van der Waals surface area contributed by atoms with Crippen LogP contribution in [0.3, 0.4) is 0 Å². The van der Waals surface area contributed by atoms with E-state index in [0.29, 0.717) is 59.6 Å². The average Bonchev–Trinajstić information content (AvgIpc) is 3.64. The first-order chi connectivity index (χ1) is 23.1. The second-order valence-electron chi connectivity index (χ2n) is 12.5. The van der Waals surface area contributed by atoms with Gasteiger partial charge in [0.25, 0.3) is 0 Å². The molecule has 48 heavy (non-hydrogen) atoms. The fourth-order valence-electron chi connectivity index (χ4n) is 5.82. The molecule has 6 rings (SSSR count). The number of anilines is 2. The largest absolute Gasteiger partial charge is 0.368 e. The molecule has 0 unspecified atom stereocenters. The maximum atomic E-state index is 13.7. The number of quaternary nitrogens is 1. The van der Waals surface area contributed by atoms with Crippen molar-refractivity contribution in [1.82, 2.24) is 24.7 Å². The fourth-order valence-corrected chi connectivity index (χ4v) is 5.82. The van der Waals surface area contributed by atoms with E-state index < -0.39 is 4.92 Å². The predicted molar refractivity (Wildman–Crippen MR) is 182 cm³/mol. The Labute approximate surface area is 276 Å². The van der Waals surface area contributed by atoms with Crippen LogP contribution in [0.5, 0.6) is 0 Å². The summed E-state index contributed by atoms with van der Waals surface area (Å²) in [5, 5.41) is 21.0. The average molecular weight is 649 g/mol. The van der Waals surface area contributed by atoms with Crippen LogP contribution in [0.1, 0.15) is 31.0 Å². The van der Waals surface area contributed by atoms with Crippen molar-refractivity contribution in [2.45, 2.75) is 32.7 Å². The number of nitro groups is 1. The third-order valence-corrected chi connectivity index (χ3v) is 8.16. The number of nitrogens with one attached hydrogen (secondary N) is 1. The summed E-state index contributed by atoms with van der Waals surface area (Å²) in [6.45, 7) is 3.37. The minimum atomic E-state index is -0.411. The zero-order valence-corrected chi connectivity index (χ0v) is 26.9. The van der Waals surface area contributed by atoms with Gasteiger partial charge in [-0.3, -0.25) is 14.5 Å². The second-order valence-corrected chi connectivity index (χ2v) is 12.5. The van der Waals surface area contributed by atoms with E-state index in [9.17, 15) is 19.3 Å². The number of aliphatic imine (C=N–C) groups is 1. The van der Waals surface area contributed by atoms with Crippen molar-refractivity contribution in [3.05, 3.63) is 118 Å². The van der Waals surface area contributed by atoms with Crippen molar-refractivity contribution in [1.29, 1.82) is 0 Å². The van der Waals surface area contributed by atoms with Gasteiger partial charge >= 0.3 is 5.82 Å². The Morgan fingerprint density at radius 2 is 1.98 bits per heavy atom. The van der Waals surface area contributed by atoms with Crippen LogP contribution in [0.25, 0.3) is 21.8 Å². The van der Waals surface area contributed by atoms with Crippen molar-refractivity contribution in [2.75, 3.05) is 32.5 Å². The number of benzene rings is 2. The number of nitrogens with zero attached hydrogens (tertiary/aromatic N) is 8. The standard InChI is InChI=1S/C35H35FN9O3/c1-4-27-15-25(35(42-27)44(47)48)21-45(2,3)12-6-9-30(46)16-29-17-31-32(19-37-29)38-22-39-34(31)41-28-10-11-33-24(14-28)18-40-43(33)20-23-7-5-8-26(36)13-23/h5-11,13-14,17-19,22H,4,12,15-16,20-21H2,1-3H3,(H,38,39,41)/q+1/b9-6+. The number of likely N-dealkylation sites (N-methyl/N-ethyl adjacent to an activating group) is 1. The maximum absolute atomic E-state index is 13.7. The Bertz CT molecular complexity index is 2130. The molecule has 0 radical (unpaired) electrons. The van der Waals surface area contributed by atoms with E-state index in [2.05, 4.69) is 30.4 Å². The van der Waals surface area contributed by atoms with Gasteiger partial charge in [0.15, 0.2) is 5.78 Å². The number of carbonyl (C=O) groups excluding carboxylic acids is 1. The Morgan fingerprint density at radius 3 is 2.77 bits per heavy atom. The Morgan fingerprint density at radius 1 is 1.12 bits per heavy atom. The number of hydrogen-bond acceptors (Lipinski definition) is 9. The Balaban J connectivity index is 1.11. The third-order valence-electron chi connectivity index (χ3n) is 8.16. The summed E-state index contributed by atoms with van der Waals surface area (Å²) < 4.78 is 15.9. The zero-order valence-electron chi connectivity index (χ0n) is 26.9. The second kappa shape index (κ2) is 13.6. The fraction of sp³-hybridized carbons (Fsp3) is 0.257. The monoisotopic (exact) mass is 648 g/mol. The third kappa shape index (κ3) is 7.47. The molecular formula is C35H35FN9O3+. The van der Waals surface area contributed by atoms with Gasteiger partial charge in [-0.2, -0.15) is 5.10 Å². The zero-order chi connectivity index (χ0) is 33.8. The quantitative estimate of drug-likeness (QED) is 0.0732. The topological polar surface area (TPSA) is 141 Å². The van der Waals surface area contributed by atoms with Gasteiger partial charge in [0.2, 0.25) is 0 Å². The van der Waals surface area contributed by atoms with E-state index in [1.54, 1.807) is 30.6 Å². The van der Waals surface area contributed by atoms with Gasteiger partial charge in [-0.15, -0.1) is 0 Å². The highest BCUT2D eigenvalue weighted by Gasteiger charge is 2.32. The lowest BCUT2D eigenvalue weighted by molar-refractivity contribution is -0.880. The molecule has 1 aliphatic rings. The molecule has 4 heterocycles. The summed E-state index contributed by atoms with van der Waals surface area (Å²) in [4.78, 5) is 41.4. The van der Waals surface area contributed by atoms with E-state index in [4.69, 9.17) is 0 Å². The normalized spacial score (nSPS) is 13.5. The van der Waals surface area contributed by atoms with Crippen molar-refractivity contribution < 1.29 is 18.6 Å². The lowest BCUT2D eigenvalue weighted by Crippen LogP contribution is -2.41. The van der Waals surface area contributed by atoms with Crippen molar-refractivity contribution in [2.24, 2.45) is 4.99 Å². The van der Waals surface area contributed by atoms with Crippen molar-refractivity contribution >= 4 is 44.8 Å². The molecule has 2 aromatic carbocycles. The smallest absolute Gasteiger partial charge is 0.358 e. The molecule has 0 fully saturated rings. The molecule has 0 bridgehead atoms. The van der Waals surface area contributed by atoms with Crippen LogP contribution in [-0.2, 0) is 17.8 Å². The highest BCUT2D eigenvalue weighted by molar-refractivity contribution is 5.94. The number of carbonyl (C=O) groups is 1. The SMILES string of the molecule is CCC1=NC([N+](=O)[O-])=C(C[N+](C)(C)C/C=C/C(=O)Cc2cc3c(Nc4ccc5c(cnn5Cc5cccc(F)c5)c4)ncnc3cn2)C1. The highest BCUT2D eigenvalue weighted by atomic mass is 19.1. The van der Waals surface area contributed by atoms with Gasteiger partial charge in [-0.1, -0.05) is 19.1 Å². The Hall–Kier alpha value is -5.69. The van der Waals surface area contributed by atoms with E-state index in [0.717, 1.165) is 33.3 Å². The van der Waals surface area contributed by atoms with Crippen LogP contribution in [0.4, 0.5) is 15.9 Å². The molecule has 0 aliphatic carbocycles. The molecule has 1 aliphatic heterocycles. The first kappa shape index (κ1) is 32.3. The first-order valence-electron chi connectivity index (χ1n) is 15.6. The van der Waals surface area contributed by atoms with Crippen LogP contribution in [0.2, 0.25) is 0 Å². The molecule has 1 N–H and O–H groups in total. The molecule has 3 aromatic heterocycles. The lowest BCUT2D eigenvalue weighted by Gasteiger charge is -2.28. The molecule has 0 atom stereocenters. The highest BCUT2D eigenvalue weighted by Crippen LogP contribution is 2.27. The minimum Gasteiger partial charge on any atom is -0.358 e. The maximum Gasteiger partial charge on any atom is 0.368 e. The summed E-state index contributed by atoms with van der Waals surface area (Å²) >= 11 is 0. The number of pyridine rings is 1. The van der Waals surface area contributed by atoms with Crippen LogP contribution in [-0.4, -0.2) is 72.8 Å². The molecule has 0 amide bonds. The summed E-state index contributed by atoms with van der Waals surface area (Å²) in [7, 11) is 3.94. The molecular weight excluding hydrogens is 613 g/mol. The first-order valence-corrected chi connectivity index (χ1v) is 15.6. The van der Waals surface area contributed by atoms with Gasteiger partial charge < -0.3 is 19.9 Å². The molecule has 244 valence electrons. The molecule has 13 heteroatoms. The number of rotatable bonds is 13. The van der Waals surface area contributed by atoms with Crippen molar-refractivity contribution in [3.63, 3.8) is 0 Å². The summed E-state index contributed by atoms with van der Waals surface area (Å²) in [6, 6.07) is 14.1. The number of fused-ring (bicyclic) bond motifs is 2. The molecule has 12 nitrogen and oxygen atoms in total. The number of halogens is 1. The van der Waals surface area contributed by atoms with Gasteiger partial charge in [0.1, 0.15) is 30.2 Å². The summed E-state index contributed by atoms with van der Waals surface area (Å²) in [5.41, 5.74) is 5.27. The van der Waals surface area contributed by atoms with E-state index >= 15 is 0 Å². The Kier molecular flexibility index (Phi) is 9.13. The summed E-state index contributed by atoms with van der Waals surface area (Å²) in [6.07, 6.45) is 9.49. The number of hydrogen-bond donors (Lipinski definition) is 1. The van der Waals surface area contributed by atoms with Gasteiger partial charge in [0, 0.05) is 35.0 Å². The van der Waals surface area contributed by atoms with Crippen LogP contribution in [0, 0.1) is 15.9 Å². The lowest BCUT2D eigenvalue weighted by atomic mass is 10.1. The minimum absolute atomic E-state index is 0.0485.